The largest absolute Gasteiger partial charge is 0.464 e. The second-order valence-electron chi connectivity index (χ2n) is 6.72. The molecular formula is C22H16BrFN2O. The number of ether oxygens (including phenoxy) is 1. The van der Waals surface area contributed by atoms with Crippen LogP contribution in [0.25, 0.3) is 0 Å². The summed E-state index contributed by atoms with van der Waals surface area (Å²) in [4.78, 5) is 0. The van der Waals surface area contributed by atoms with Gasteiger partial charge in [0.1, 0.15) is 11.6 Å². The van der Waals surface area contributed by atoms with E-state index in [-0.39, 0.29) is 18.1 Å². The molecule has 0 spiro atoms. The fourth-order valence-corrected chi connectivity index (χ4v) is 4.15. The Labute approximate surface area is 165 Å². The van der Waals surface area contributed by atoms with Crippen LogP contribution < -0.4 is 4.74 Å². The first-order valence-electron chi connectivity index (χ1n) is 8.82. The normalized spacial score (nSPS) is 20.5. The quantitative estimate of drug-likeness (QED) is 0.518. The summed E-state index contributed by atoms with van der Waals surface area (Å²) in [5.74, 6) is 0.648. The third-order valence-electron chi connectivity index (χ3n) is 5.01. The number of benzene rings is 3. The zero-order chi connectivity index (χ0) is 18.4. The minimum absolute atomic E-state index is 0.0963. The summed E-state index contributed by atoms with van der Waals surface area (Å²) < 4.78 is 20.6. The molecule has 0 saturated carbocycles. The Bertz CT molecular complexity index is 1030. The van der Waals surface area contributed by atoms with Crippen LogP contribution in [0.15, 0.2) is 82.4 Å². The molecule has 0 fully saturated rings. The van der Waals surface area contributed by atoms with Gasteiger partial charge < -0.3 is 4.74 Å². The average molecular weight is 423 g/mol. The van der Waals surface area contributed by atoms with E-state index in [0.717, 1.165) is 39.0 Å². The highest BCUT2D eigenvalue weighted by atomic mass is 79.9. The molecule has 0 unspecified atom stereocenters. The maximum Gasteiger partial charge on any atom is 0.213 e. The minimum atomic E-state index is -0.305. The van der Waals surface area contributed by atoms with Gasteiger partial charge in [-0.1, -0.05) is 58.4 Å². The van der Waals surface area contributed by atoms with Gasteiger partial charge in [-0.3, -0.25) is 0 Å². The van der Waals surface area contributed by atoms with Crippen molar-refractivity contribution in [3.8, 4) is 5.75 Å². The lowest BCUT2D eigenvalue weighted by Crippen LogP contribution is -2.33. The highest BCUT2D eigenvalue weighted by Gasteiger charge is 2.40. The van der Waals surface area contributed by atoms with E-state index in [9.17, 15) is 4.39 Å². The van der Waals surface area contributed by atoms with Crippen molar-refractivity contribution in [1.29, 1.82) is 0 Å². The summed E-state index contributed by atoms with van der Waals surface area (Å²) in [5.41, 5.74) is 4.05. The lowest BCUT2D eigenvalue weighted by Gasteiger charge is -2.38. The number of hydrogen-bond acceptors (Lipinski definition) is 3. The van der Waals surface area contributed by atoms with Crippen molar-refractivity contribution in [2.45, 2.75) is 18.7 Å². The van der Waals surface area contributed by atoms with Crippen molar-refractivity contribution in [3.63, 3.8) is 0 Å². The van der Waals surface area contributed by atoms with Gasteiger partial charge >= 0.3 is 0 Å². The molecule has 5 heteroatoms. The molecule has 2 heterocycles. The number of rotatable bonds is 2. The Morgan fingerprint density at radius 2 is 1.81 bits per heavy atom. The van der Waals surface area contributed by atoms with Crippen LogP contribution >= 0.6 is 15.9 Å². The van der Waals surface area contributed by atoms with E-state index >= 15 is 0 Å². The van der Waals surface area contributed by atoms with Gasteiger partial charge in [0.15, 0.2) is 0 Å². The Morgan fingerprint density at radius 3 is 2.63 bits per heavy atom. The zero-order valence-electron chi connectivity index (χ0n) is 14.3. The van der Waals surface area contributed by atoms with Gasteiger partial charge in [-0.25, -0.2) is 9.40 Å². The predicted molar refractivity (Wildman–Crippen MR) is 106 cm³/mol. The minimum Gasteiger partial charge on any atom is -0.464 e. The summed E-state index contributed by atoms with van der Waals surface area (Å²) in [7, 11) is 0. The standard InChI is InChI=1S/C22H16BrFN2O/c23-16-5-3-4-15(12-16)22-26-20(18-6-1-2-7-21(18)27-22)13-19(25-26)14-8-10-17(24)11-9-14/h1-12,20,22H,13H2/t20-,22+/m1/s1. The summed E-state index contributed by atoms with van der Waals surface area (Å²) >= 11 is 3.54. The molecule has 0 saturated heterocycles. The number of hydrogen-bond donors (Lipinski definition) is 0. The molecular weight excluding hydrogens is 407 g/mol. The van der Waals surface area contributed by atoms with Crippen LogP contribution in [-0.4, -0.2) is 10.7 Å². The Morgan fingerprint density at radius 1 is 1.00 bits per heavy atom. The lowest BCUT2D eigenvalue weighted by atomic mass is 9.96. The van der Waals surface area contributed by atoms with E-state index in [1.54, 1.807) is 12.1 Å². The van der Waals surface area contributed by atoms with Gasteiger partial charge in [0.25, 0.3) is 0 Å². The van der Waals surface area contributed by atoms with Crippen molar-refractivity contribution in [2.75, 3.05) is 0 Å². The van der Waals surface area contributed by atoms with E-state index < -0.39 is 0 Å². The fraction of sp³-hybridized carbons (Fsp3) is 0.136. The SMILES string of the molecule is Fc1ccc(C2=NN3[C@H](C2)c2ccccc2O[C@H]3c2cccc(Br)c2)cc1. The predicted octanol–water partition coefficient (Wildman–Crippen LogP) is 5.83. The van der Waals surface area contributed by atoms with Gasteiger partial charge in [0.2, 0.25) is 6.23 Å². The summed E-state index contributed by atoms with van der Waals surface area (Å²) in [6.45, 7) is 0. The monoisotopic (exact) mass is 422 g/mol. The van der Waals surface area contributed by atoms with Crippen LogP contribution in [0, 0.1) is 5.82 Å². The molecule has 0 bridgehead atoms. The highest BCUT2D eigenvalue weighted by molar-refractivity contribution is 9.10. The third-order valence-corrected chi connectivity index (χ3v) is 5.50. The Balaban J connectivity index is 1.60. The highest BCUT2D eigenvalue weighted by Crippen LogP contribution is 2.47. The molecule has 2 atom stereocenters. The van der Waals surface area contributed by atoms with Crippen LogP contribution in [-0.2, 0) is 0 Å². The van der Waals surface area contributed by atoms with E-state index in [1.807, 2.05) is 41.4 Å². The van der Waals surface area contributed by atoms with Crippen molar-refractivity contribution in [3.05, 3.63) is 99.8 Å². The molecule has 3 nitrogen and oxygen atoms in total. The molecule has 3 aromatic carbocycles. The van der Waals surface area contributed by atoms with Crippen LogP contribution in [0.3, 0.4) is 0 Å². The molecule has 5 rings (SSSR count). The van der Waals surface area contributed by atoms with E-state index in [2.05, 4.69) is 28.1 Å². The average Bonchev–Trinajstić information content (AvgIpc) is 3.13. The maximum absolute atomic E-state index is 13.3. The molecule has 3 aromatic rings. The van der Waals surface area contributed by atoms with Crippen LogP contribution in [0.5, 0.6) is 5.75 Å². The maximum atomic E-state index is 13.3. The van der Waals surface area contributed by atoms with Gasteiger partial charge in [-0.15, -0.1) is 0 Å². The van der Waals surface area contributed by atoms with E-state index in [4.69, 9.17) is 9.84 Å². The molecule has 2 aliphatic rings. The van der Waals surface area contributed by atoms with Gasteiger partial charge in [-0.2, -0.15) is 5.10 Å². The molecule has 0 N–H and O–H groups in total. The second-order valence-corrected chi connectivity index (χ2v) is 7.63. The van der Waals surface area contributed by atoms with Crippen LogP contribution in [0.1, 0.15) is 35.4 Å². The summed E-state index contributed by atoms with van der Waals surface area (Å²) in [6, 6.07) is 22.8. The molecule has 0 aromatic heterocycles. The third kappa shape index (κ3) is 2.92. The smallest absolute Gasteiger partial charge is 0.213 e. The molecule has 0 aliphatic carbocycles. The van der Waals surface area contributed by atoms with Crippen molar-refractivity contribution < 1.29 is 9.13 Å². The number of halogens is 2. The van der Waals surface area contributed by atoms with E-state index in [1.165, 1.54) is 12.1 Å². The Kier molecular flexibility index (Phi) is 3.97. The van der Waals surface area contributed by atoms with Crippen molar-refractivity contribution in [2.24, 2.45) is 5.10 Å². The summed E-state index contributed by atoms with van der Waals surface area (Å²) in [5, 5.41) is 6.91. The van der Waals surface area contributed by atoms with Gasteiger partial charge in [-0.05, 0) is 35.9 Å². The zero-order valence-corrected chi connectivity index (χ0v) is 15.9. The van der Waals surface area contributed by atoms with Gasteiger partial charge in [0, 0.05) is 22.0 Å². The van der Waals surface area contributed by atoms with Gasteiger partial charge in [0.05, 0.1) is 11.8 Å². The number of para-hydroxylation sites is 1. The van der Waals surface area contributed by atoms with Crippen LogP contribution in [0.2, 0.25) is 0 Å². The van der Waals surface area contributed by atoms with E-state index in [0.29, 0.717) is 0 Å². The molecule has 0 radical (unpaired) electrons. The second kappa shape index (κ2) is 6.50. The first-order chi connectivity index (χ1) is 13.2. The lowest BCUT2D eigenvalue weighted by molar-refractivity contribution is -0.0190. The molecule has 134 valence electrons. The number of hydrazone groups is 1. The summed E-state index contributed by atoms with van der Waals surface area (Å²) in [6.07, 6.45) is 0.455. The number of fused-ring (bicyclic) bond motifs is 3. The molecule has 0 amide bonds. The van der Waals surface area contributed by atoms with Crippen LogP contribution in [0.4, 0.5) is 4.39 Å². The van der Waals surface area contributed by atoms with Crippen molar-refractivity contribution >= 4 is 21.6 Å². The Hall–Kier alpha value is -2.66. The topological polar surface area (TPSA) is 24.8 Å². The number of nitrogens with zero attached hydrogens (tertiary/aromatic N) is 2. The first kappa shape index (κ1) is 16.5. The first-order valence-corrected chi connectivity index (χ1v) is 9.61. The molecule has 27 heavy (non-hydrogen) atoms. The fourth-order valence-electron chi connectivity index (χ4n) is 3.73. The molecule has 2 aliphatic heterocycles. The van der Waals surface area contributed by atoms with Crippen molar-refractivity contribution in [1.82, 2.24) is 5.01 Å².